The predicted molar refractivity (Wildman–Crippen MR) is 94.3 cm³/mol. The van der Waals surface area contributed by atoms with Crippen LogP contribution in [0.4, 0.5) is 0 Å². The van der Waals surface area contributed by atoms with Gasteiger partial charge in [0.1, 0.15) is 5.76 Å². The van der Waals surface area contributed by atoms with E-state index in [0.717, 1.165) is 28.0 Å². The summed E-state index contributed by atoms with van der Waals surface area (Å²) in [5.41, 5.74) is 3.10. The Bertz CT molecular complexity index is 810. The summed E-state index contributed by atoms with van der Waals surface area (Å²) in [7, 11) is 0. The third kappa shape index (κ3) is 3.71. The van der Waals surface area contributed by atoms with Crippen LogP contribution in [0.25, 0.3) is 5.69 Å². The van der Waals surface area contributed by atoms with Crippen LogP contribution in [0.2, 0.25) is 0 Å². The van der Waals surface area contributed by atoms with Crippen LogP contribution in [0.3, 0.4) is 0 Å². The largest absolute Gasteiger partial charge is 0.467 e. The second-order valence-electron chi connectivity index (χ2n) is 5.38. The first-order valence-corrected chi connectivity index (χ1v) is 8.67. The molecule has 0 aliphatic heterocycles. The number of aromatic nitrogens is 2. The smallest absolute Gasteiger partial charge is 0.230 e. The average Bonchev–Trinajstić information content (AvgIpc) is 3.21. The number of carbonyl (C=O) groups is 1. The molecule has 3 rings (SSSR count). The molecule has 3 aromatic rings. The van der Waals surface area contributed by atoms with E-state index in [1.165, 1.54) is 11.8 Å². The zero-order valence-electron chi connectivity index (χ0n) is 13.7. The lowest BCUT2D eigenvalue weighted by molar-refractivity contribution is -0.118. The quantitative estimate of drug-likeness (QED) is 0.697. The van der Waals surface area contributed by atoms with Gasteiger partial charge >= 0.3 is 0 Å². The molecule has 0 aliphatic carbocycles. The molecule has 1 aromatic carbocycles. The molecule has 24 heavy (non-hydrogen) atoms. The highest BCUT2D eigenvalue weighted by atomic mass is 32.2. The number of nitrogens with zero attached hydrogens (tertiary/aromatic N) is 2. The second-order valence-corrected chi connectivity index (χ2v) is 6.32. The maximum atomic E-state index is 12.0. The zero-order valence-corrected chi connectivity index (χ0v) is 14.5. The molecule has 0 bridgehead atoms. The Morgan fingerprint density at radius 3 is 2.71 bits per heavy atom. The van der Waals surface area contributed by atoms with Gasteiger partial charge in [0.2, 0.25) is 5.91 Å². The summed E-state index contributed by atoms with van der Waals surface area (Å²) in [6.07, 6.45) is 1.60. The van der Waals surface area contributed by atoms with Crippen molar-refractivity contribution in [3.05, 3.63) is 65.9 Å². The summed E-state index contributed by atoms with van der Waals surface area (Å²) in [6.45, 7) is 4.42. The summed E-state index contributed by atoms with van der Waals surface area (Å²) < 4.78 is 7.29. The predicted octanol–water partition coefficient (Wildman–Crippen LogP) is 3.49. The Kier molecular flexibility index (Phi) is 5.05. The summed E-state index contributed by atoms with van der Waals surface area (Å²) in [6, 6.07) is 13.7. The minimum Gasteiger partial charge on any atom is -0.467 e. The van der Waals surface area contributed by atoms with Crippen molar-refractivity contribution in [2.75, 3.05) is 5.75 Å². The molecule has 0 saturated carbocycles. The number of para-hydroxylation sites is 1. The van der Waals surface area contributed by atoms with E-state index in [1.807, 2.05) is 50.2 Å². The number of rotatable bonds is 6. The van der Waals surface area contributed by atoms with Crippen molar-refractivity contribution in [3.63, 3.8) is 0 Å². The molecule has 124 valence electrons. The van der Waals surface area contributed by atoms with Crippen LogP contribution in [-0.4, -0.2) is 21.2 Å². The Hall–Kier alpha value is -2.47. The number of hydrogen-bond acceptors (Lipinski definition) is 4. The van der Waals surface area contributed by atoms with Crippen LogP contribution >= 0.6 is 11.8 Å². The highest BCUT2D eigenvalue weighted by Crippen LogP contribution is 2.25. The lowest BCUT2D eigenvalue weighted by Crippen LogP contribution is -2.24. The maximum absolute atomic E-state index is 12.0. The number of furan rings is 1. The molecule has 2 heterocycles. The van der Waals surface area contributed by atoms with Crippen molar-refractivity contribution < 1.29 is 9.21 Å². The molecule has 0 radical (unpaired) electrons. The van der Waals surface area contributed by atoms with Gasteiger partial charge in [0.25, 0.3) is 0 Å². The van der Waals surface area contributed by atoms with Gasteiger partial charge in [0, 0.05) is 11.4 Å². The van der Waals surface area contributed by atoms with Crippen LogP contribution in [-0.2, 0) is 11.3 Å². The molecule has 0 spiro atoms. The van der Waals surface area contributed by atoms with Crippen LogP contribution < -0.4 is 5.32 Å². The van der Waals surface area contributed by atoms with Gasteiger partial charge in [0.05, 0.1) is 24.3 Å². The summed E-state index contributed by atoms with van der Waals surface area (Å²) in [5, 5.41) is 3.67. The molecule has 0 unspecified atom stereocenters. The summed E-state index contributed by atoms with van der Waals surface area (Å²) in [5.74, 6) is 1.00. The van der Waals surface area contributed by atoms with Gasteiger partial charge in [-0.05, 0) is 38.1 Å². The number of nitrogens with one attached hydrogen (secondary N) is 1. The molecule has 2 aromatic heterocycles. The third-order valence-electron chi connectivity index (χ3n) is 3.70. The molecule has 1 amide bonds. The van der Waals surface area contributed by atoms with E-state index in [-0.39, 0.29) is 5.91 Å². The van der Waals surface area contributed by atoms with Crippen molar-refractivity contribution >= 4 is 17.7 Å². The zero-order chi connectivity index (χ0) is 16.9. The number of imidazole rings is 1. The van der Waals surface area contributed by atoms with Gasteiger partial charge in [-0.25, -0.2) is 4.98 Å². The van der Waals surface area contributed by atoms with Gasteiger partial charge in [-0.3, -0.25) is 9.36 Å². The Morgan fingerprint density at radius 1 is 1.21 bits per heavy atom. The molecule has 0 aliphatic rings. The maximum Gasteiger partial charge on any atom is 0.230 e. The van der Waals surface area contributed by atoms with Crippen molar-refractivity contribution in [3.8, 4) is 5.69 Å². The third-order valence-corrected chi connectivity index (χ3v) is 4.64. The van der Waals surface area contributed by atoms with Crippen molar-refractivity contribution in [2.24, 2.45) is 0 Å². The lowest BCUT2D eigenvalue weighted by atomic mass is 10.3. The SMILES string of the molecule is Cc1nc(SCC(=O)NCc2ccco2)n(-c2ccccc2)c1C. The minimum atomic E-state index is -0.0469. The summed E-state index contributed by atoms with van der Waals surface area (Å²) >= 11 is 1.43. The fraction of sp³-hybridized carbons (Fsp3) is 0.222. The minimum absolute atomic E-state index is 0.0469. The van der Waals surface area contributed by atoms with Crippen molar-refractivity contribution in [1.29, 1.82) is 0 Å². The monoisotopic (exact) mass is 341 g/mol. The number of benzene rings is 1. The standard InChI is InChI=1S/C18H19N3O2S/c1-13-14(2)21(15-7-4-3-5-8-15)18(20-13)24-12-17(22)19-11-16-9-6-10-23-16/h3-10H,11-12H2,1-2H3,(H,19,22). The summed E-state index contributed by atoms with van der Waals surface area (Å²) in [4.78, 5) is 16.6. The number of aryl methyl sites for hydroxylation is 1. The fourth-order valence-electron chi connectivity index (χ4n) is 2.34. The first-order chi connectivity index (χ1) is 11.6. The van der Waals surface area contributed by atoms with Gasteiger partial charge in [0.15, 0.2) is 5.16 Å². The molecule has 0 atom stereocenters. The Morgan fingerprint density at radius 2 is 2.00 bits per heavy atom. The normalized spacial score (nSPS) is 10.8. The average molecular weight is 341 g/mol. The molecule has 6 heteroatoms. The number of thioether (sulfide) groups is 1. The fourth-order valence-corrected chi connectivity index (χ4v) is 3.27. The van der Waals surface area contributed by atoms with E-state index in [2.05, 4.69) is 14.9 Å². The van der Waals surface area contributed by atoms with Crippen LogP contribution in [0.1, 0.15) is 17.1 Å². The number of amides is 1. The van der Waals surface area contributed by atoms with Gasteiger partial charge < -0.3 is 9.73 Å². The Balaban J connectivity index is 1.67. The van der Waals surface area contributed by atoms with Gasteiger partial charge in [-0.15, -0.1) is 0 Å². The van der Waals surface area contributed by atoms with Crippen LogP contribution in [0.15, 0.2) is 58.3 Å². The van der Waals surface area contributed by atoms with E-state index >= 15 is 0 Å². The lowest BCUT2D eigenvalue weighted by Gasteiger charge is -2.09. The molecule has 0 fully saturated rings. The molecular formula is C18H19N3O2S. The van der Waals surface area contributed by atoms with Crippen LogP contribution in [0.5, 0.6) is 0 Å². The molecule has 0 saturated heterocycles. The second kappa shape index (κ2) is 7.40. The Labute approximate surface area is 145 Å². The van der Waals surface area contributed by atoms with E-state index in [0.29, 0.717) is 12.3 Å². The molecular weight excluding hydrogens is 322 g/mol. The van der Waals surface area contributed by atoms with Crippen LogP contribution in [0, 0.1) is 13.8 Å². The first-order valence-electron chi connectivity index (χ1n) is 7.68. The molecule has 5 nitrogen and oxygen atoms in total. The van der Waals surface area contributed by atoms with Crippen molar-refractivity contribution in [2.45, 2.75) is 25.5 Å². The topological polar surface area (TPSA) is 60.1 Å². The van der Waals surface area contributed by atoms with Crippen molar-refractivity contribution in [1.82, 2.24) is 14.9 Å². The van der Waals surface area contributed by atoms with Gasteiger partial charge in [-0.1, -0.05) is 30.0 Å². The number of carbonyl (C=O) groups excluding carboxylic acids is 1. The first kappa shape index (κ1) is 16.4. The van der Waals surface area contributed by atoms with E-state index in [4.69, 9.17) is 4.42 Å². The highest BCUT2D eigenvalue weighted by Gasteiger charge is 2.14. The van der Waals surface area contributed by atoms with E-state index < -0.39 is 0 Å². The van der Waals surface area contributed by atoms with E-state index in [9.17, 15) is 4.79 Å². The highest BCUT2D eigenvalue weighted by molar-refractivity contribution is 7.99. The van der Waals surface area contributed by atoms with Gasteiger partial charge in [-0.2, -0.15) is 0 Å². The number of hydrogen-bond donors (Lipinski definition) is 1. The van der Waals surface area contributed by atoms with E-state index in [1.54, 1.807) is 12.3 Å². The molecule has 1 N–H and O–H groups in total.